The van der Waals surface area contributed by atoms with Crippen molar-refractivity contribution in [3.8, 4) is 0 Å². The summed E-state index contributed by atoms with van der Waals surface area (Å²) in [4.78, 5) is 12.2. The van der Waals surface area contributed by atoms with Crippen LogP contribution in [-0.2, 0) is 9.53 Å². The fourth-order valence-corrected chi connectivity index (χ4v) is 9.36. The molecule has 0 spiro atoms. The minimum absolute atomic E-state index is 0.0153. The topological polar surface area (TPSA) is 26.3 Å². The van der Waals surface area contributed by atoms with E-state index in [9.17, 15) is 4.79 Å². The largest absolute Gasteiger partial charge is 0.461 e. The van der Waals surface area contributed by atoms with Crippen LogP contribution in [0.3, 0.4) is 0 Å². The summed E-state index contributed by atoms with van der Waals surface area (Å²) in [5.41, 5.74) is 0.892. The van der Waals surface area contributed by atoms with Crippen molar-refractivity contribution >= 4 is 17.6 Å². The van der Waals surface area contributed by atoms with Gasteiger partial charge in [-0.05, 0) is 85.4 Å². The number of alkyl halides is 1. The summed E-state index contributed by atoms with van der Waals surface area (Å²) in [6.07, 6.45) is 15.0. The zero-order valence-corrected chi connectivity index (χ0v) is 20.0. The quantitative estimate of drug-likeness (QED) is 0.345. The Morgan fingerprint density at radius 1 is 1.07 bits per heavy atom. The van der Waals surface area contributed by atoms with E-state index in [1.54, 1.807) is 0 Å². The molecule has 0 aromatic heterocycles. The lowest BCUT2D eigenvalue weighted by Gasteiger charge is -2.60. The molecule has 4 aliphatic rings. The first-order chi connectivity index (χ1) is 13.8. The molecule has 29 heavy (non-hydrogen) atoms. The molecule has 3 heteroatoms. The van der Waals surface area contributed by atoms with E-state index in [2.05, 4.69) is 27.7 Å². The summed E-state index contributed by atoms with van der Waals surface area (Å²) >= 11 is 5.84. The van der Waals surface area contributed by atoms with E-state index in [1.807, 2.05) is 0 Å². The van der Waals surface area contributed by atoms with Gasteiger partial charge in [-0.2, -0.15) is 0 Å². The van der Waals surface area contributed by atoms with Crippen molar-refractivity contribution in [3.63, 3.8) is 0 Å². The highest BCUT2D eigenvalue weighted by Gasteiger charge is 2.63. The molecule has 0 amide bonds. The number of carbonyl (C=O) groups is 1. The molecule has 0 heterocycles. The molecule has 0 saturated heterocycles. The Morgan fingerprint density at radius 2 is 1.86 bits per heavy atom. The van der Waals surface area contributed by atoms with Crippen molar-refractivity contribution in [1.29, 1.82) is 0 Å². The van der Waals surface area contributed by atoms with Gasteiger partial charge in [0.2, 0.25) is 0 Å². The number of ether oxygens (including phenoxy) is 1. The van der Waals surface area contributed by atoms with Crippen LogP contribution in [0.1, 0.15) is 98.3 Å². The van der Waals surface area contributed by atoms with E-state index in [-0.39, 0.29) is 18.0 Å². The third kappa shape index (κ3) is 3.58. The van der Waals surface area contributed by atoms with Gasteiger partial charge in [-0.25, -0.2) is 0 Å². The van der Waals surface area contributed by atoms with Crippen LogP contribution in [0.2, 0.25) is 0 Å². The molecule has 0 aromatic rings. The van der Waals surface area contributed by atoms with Crippen LogP contribution in [0, 0.1) is 46.3 Å². The lowest BCUT2D eigenvalue weighted by atomic mass is 9.44. The zero-order chi connectivity index (χ0) is 20.8. The first-order valence-electron chi connectivity index (χ1n) is 12.6. The van der Waals surface area contributed by atoms with Crippen LogP contribution in [-0.4, -0.2) is 18.0 Å². The van der Waals surface area contributed by atoms with E-state index >= 15 is 0 Å². The Hall–Kier alpha value is -0.240. The van der Waals surface area contributed by atoms with Crippen LogP contribution in [0.15, 0.2) is 0 Å². The Morgan fingerprint density at radius 3 is 2.59 bits per heavy atom. The molecule has 9 atom stereocenters. The lowest BCUT2D eigenvalue weighted by molar-refractivity contribution is -0.150. The summed E-state index contributed by atoms with van der Waals surface area (Å²) in [6.45, 7) is 9.91. The Bertz CT molecular complexity index is 606. The molecule has 0 aromatic carbocycles. The third-order valence-corrected chi connectivity index (χ3v) is 10.6. The zero-order valence-electron chi connectivity index (χ0n) is 19.2. The van der Waals surface area contributed by atoms with E-state index in [0.29, 0.717) is 22.7 Å². The smallest absolute Gasteiger partial charge is 0.321 e. The maximum atomic E-state index is 12.2. The van der Waals surface area contributed by atoms with Gasteiger partial charge in [-0.3, -0.25) is 4.79 Å². The number of hydrogen-bond donors (Lipinski definition) is 0. The molecular weight excluding hydrogens is 380 g/mol. The summed E-state index contributed by atoms with van der Waals surface area (Å²) in [5.74, 6) is 4.29. The van der Waals surface area contributed by atoms with E-state index in [1.165, 1.54) is 64.2 Å². The standard InChI is InChI=1S/C26H43ClO2/c1-5-8-17(2)24-22(29-23(28)16-27)15-21-19-11-10-18-9-6-7-13-25(18,3)20(19)12-14-26(21,24)4/h17-22,24H,5-16H2,1-4H3/t17-,18+,19-,20+,21+,22?,24+,25+,26+/m1/s1. The molecule has 0 aliphatic heterocycles. The maximum absolute atomic E-state index is 12.2. The molecule has 4 saturated carbocycles. The van der Waals surface area contributed by atoms with Crippen molar-refractivity contribution in [2.45, 2.75) is 104 Å². The molecule has 2 nitrogen and oxygen atoms in total. The summed E-state index contributed by atoms with van der Waals surface area (Å²) in [7, 11) is 0. The van der Waals surface area contributed by atoms with Gasteiger partial charge in [-0.1, -0.05) is 53.4 Å². The van der Waals surface area contributed by atoms with Gasteiger partial charge in [0.05, 0.1) is 0 Å². The number of hydrogen-bond acceptors (Lipinski definition) is 2. The van der Waals surface area contributed by atoms with E-state index < -0.39 is 0 Å². The normalized spacial score (nSPS) is 47.6. The lowest BCUT2D eigenvalue weighted by Crippen LogP contribution is -2.53. The first kappa shape index (κ1) is 22.0. The number of esters is 1. The predicted molar refractivity (Wildman–Crippen MR) is 120 cm³/mol. The molecule has 1 unspecified atom stereocenters. The highest BCUT2D eigenvalue weighted by atomic mass is 35.5. The van der Waals surface area contributed by atoms with Crippen molar-refractivity contribution in [1.82, 2.24) is 0 Å². The number of fused-ring (bicyclic) bond motifs is 5. The van der Waals surface area contributed by atoms with Gasteiger partial charge in [0.15, 0.2) is 0 Å². The number of carbonyl (C=O) groups excluding carboxylic acids is 1. The van der Waals surface area contributed by atoms with E-state index in [0.717, 1.165) is 30.1 Å². The van der Waals surface area contributed by atoms with Crippen molar-refractivity contribution in [3.05, 3.63) is 0 Å². The average Bonchev–Trinajstić information content (AvgIpc) is 2.99. The molecule has 4 aliphatic carbocycles. The van der Waals surface area contributed by atoms with Gasteiger partial charge >= 0.3 is 5.97 Å². The highest BCUT2D eigenvalue weighted by molar-refractivity contribution is 6.26. The average molecular weight is 423 g/mol. The van der Waals surface area contributed by atoms with Gasteiger partial charge in [0.1, 0.15) is 12.0 Å². The Kier molecular flexibility index (Phi) is 6.33. The fraction of sp³-hybridized carbons (Fsp3) is 0.962. The Labute approximate surface area is 183 Å². The second kappa shape index (κ2) is 8.36. The van der Waals surface area contributed by atoms with Crippen LogP contribution >= 0.6 is 11.6 Å². The van der Waals surface area contributed by atoms with Gasteiger partial charge in [0.25, 0.3) is 0 Å². The predicted octanol–water partition coefficient (Wildman–Crippen LogP) is 7.23. The van der Waals surface area contributed by atoms with Gasteiger partial charge < -0.3 is 4.74 Å². The number of rotatable bonds is 5. The summed E-state index contributed by atoms with van der Waals surface area (Å²) in [5, 5.41) is 0. The minimum atomic E-state index is -0.216. The molecule has 166 valence electrons. The molecular formula is C26H43ClO2. The number of halogens is 1. The second-order valence-electron chi connectivity index (χ2n) is 11.6. The third-order valence-electron chi connectivity index (χ3n) is 10.4. The SMILES string of the molecule is CCC[C@@H](C)[C@H]1C(OC(=O)CCl)C[C@H]2[C@@H]3CC[C@@H]4CCCC[C@]4(C)[C@H]3CC[C@]12C. The van der Waals surface area contributed by atoms with Crippen molar-refractivity contribution in [2.24, 2.45) is 46.3 Å². The van der Waals surface area contributed by atoms with E-state index in [4.69, 9.17) is 16.3 Å². The second-order valence-corrected chi connectivity index (χ2v) is 11.9. The van der Waals surface area contributed by atoms with Crippen LogP contribution in [0.4, 0.5) is 0 Å². The summed E-state index contributed by atoms with van der Waals surface area (Å²) in [6, 6.07) is 0. The maximum Gasteiger partial charge on any atom is 0.321 e. The molecule has 0 N–H and O–H groups in total. The monoisotopic (exact) mass is 422 g/mol. The minimum Gasteiger partial charge on any atom is -0.461 e. The van der Waals surface area contributed by atoms with Crippen LogP contribution in [0.5, 0.6) is 0 Å². The van der Waals surface area contributed by atoms with Crippen LogP contribution in [0.25, 0.3) is 0 Å². The molecule has 4 rings (SSSR count). The Balaban J connectivity index is 1.63. The molecule has 0 bridgehead atoms. The molecule has 0 radical (unpaired) electrons. The van der Waals surface area contributed by atoms with Crippen LogP contribution < -0.4 is 0 Å². The van der Waals surface area contributed by atoms with Gasteiger partial charge in [-0.15, -0.1) is 11.6 Å². The van der Waals surface area contributed by atoms with Gasteiger partial charge in [0, 0.05) is 5.92 Å². The molecule has 4 fully saturated rings. The summed E-state index contributed by atoms with van der Waals surface area (Å²) < 4.78 is 6.04. The highest BCUT2D eigenvalue weighted by Crippen LogP contribution is 2.68. The first-order valence-corrected chi connectivity index (χ1v) is 13.1. The van der Waals surface area contributed by atoms with Crippen molar-refractivity contribution < 1.29 is 9.53 Å². The fourth-order valence-electron chi connectivity index (χ4n) is 9.30. The van der Waals surface area contributed by atoms with Crippen molar-refractivity contribution in [2.75, 3.05) is 5.88 Å².